The summed E-state index contributed by atoms with van der Waals surface area (Å²) >= 11 is 0. The highest BCUT2D eigenvalue weighted by Gasteiger charge is 2.41. The normalized spacial score (nSPS) is 22.0. The summed E-state index contributed by atoms with van der Waals surface area (Å²) in [5.41, 5.74) is 3.80. The number of amides is 1. The van der Waals surface area contributed by atoms with Crippen molar-refractivity contribution < 1.29 is 9.90 Å². The molecular formula is C24H30N6O2. The molecule has 2 atom stereocenters. The van der Waals surface area contributed by atoms with Gasteiger partial charge in [-0.25, -0.2) is 9.31 Å². The molecule has 2 aromatic heterocycles. The molecule has 6 rings (SSSR count). The van der Waals surface area contributed by atoms with E-state index in [2.05, 4.69) is 56.4 Å². The Morgan fingerprint density at radius 1 is 1.06 bits per heavy atom. The van der Waals surface area contributed by atoms with Crippen molar-refractivity contribution in [1.29, 1.82) is 0 Å². The molecular weight excluding hydrogens is 404 g/mol. The van der Waals surface area contributed by atoms with Crippen LogP contribution < -0.4 is 5.32 Å². The van der Waals surface area contributed by atoms with Crippen molar-refractivity contribution in [2.24, 2.45) is 0 Å². The number of nitrogens with zero attached hydrogens (tertiary/aromatic N) is 5. The first kappa shape index (κ1) is 20.9. The minimum Gasteiger partial charge on any atom is -0.465 e. The number of fused-ring (bicyclic) bond motifs is 3. The Morgan fingerprint density at radius 3 is 2.41 bits per heavy atom. The molecule has 32 heavy (non-hydrogen) atoms. The topological polar surface area (TPSA) is 86.0 Å². The number of pyridine rings is 1. The van der Waals surface area contributed by atoms with E-state index in [1.54, 1.807) is 10.6 Å². The molecule has 1 aromatic carbocycles. The van der Waals surface area contributed by atoms with Crippen LogP contribution in [-0.2, 0) is 6.54 Å². The number of carboxylic acid groups (broad SMARTS) is 1. The van der Waals surface area contributed by atoms with Crippen molar-refractivity contribution in [2.75, 3.05) is 25.0 Å². The quantitative estimate of drug-likeness (QED) is 0.633. The lowest BCUT2D eigenvalue weighted by molar-refractivity contribution is 0.127. The summed E-state index contributed by atoms with van der Waals surface area (Å²) in [5.74, 6) is 0.0757. The average molecular weight is 435 g/mol. The number of anilines is 1. The summed E-state index contributed by atoms with van der Waals surface area (Å²) in [5, 5.41) is 15.4. The number of carbonyl (C=O) groups is 1. The fourth-order valence-corrected chi connectivity index (χ4v) is 4.70. The number of hydrogen-bond donors (Lipinski definition) is 2. The maximum Gasteiger partial charge on any atom is 0.411 e. The molecule has 2 saturated heterocycles. The van der Waals surface area contributed by atoms with Gasteiger partial charge in [0.05, 0.1) is 5.69 Å². The van der Waals surface area contributed by atoms with Crippen molar-refractivity contribution in [3.05, 3.63) is 48.0 Å². The van der Waals surface area contributed by atoms with E-state index in [1.807, 2.05) is 12.1 Å². The van der Waals surface area contributed by atoms with E-state index < -0.39 is 6.09 Å². The highest BCUT2D eigenvalue weighted by Crippen LogP contribution is 2.31. The lowest BCUT2D eigenvalue weighted by Gasteiger charge is -2.33. The number of benzene rings is 1. The summed E-state index contributed by atoms with van der Waals surface area (Å²) in [6, 6.07) is 15.6. The van der Waals surface area contributed by atoms with Crippen molar-refractivity contribution >= 4 is 17.7 Å². The van der Waals surface area contributed by atoms with Crippen LogP contribution in [0, 0.1) is 0 Å². The van der Waals surface area contributed by atoms with Crippen molar-refractivity contribution in [3.63, 3.8) is 0 Å². The van der Waals surface area contributed by atoms with Crippen LogP contribution in [0.25, 0.3) is 16.9 Å². The number of rotatable bonds is 5. The fourth-order valence-electron chi connectivity index (χ4n) is 4.70. The zero-order valence-electron chi connectivity index (χ0n) is 18.4. The van der Waals surface area contributed by atoms with Gasteiger partial charge in [-0.05, 0) is 30.7 Å². The van der Waals surface area contributed by atoms with Gasteiger partial charge in [-0.1, -0.05) is 56.5 Å². The van der Waals surface area contributed by atoms with Gasteiger partial charge in [0.2, 0.25) is 0 Å². The summed E-state index contributed by atoms with van der Waals surface area (Å²) in [7, 11) is 0. The lowest BCUT2D eigenvalue weighted by atomic mass is 10.1. The van der Waals surface area contributed by atoms with E-state index in [4.69, 9.17) is 5.11 Å². The molecule has 1 saturated carbocycles. The molecule has 1 amide bonds. The van der Waals surface area contributed by atoms with Gasteiger partial charge >= 0.3 is 6.09 Å². The molecule has 8 nitrogen and oxygen atoms in total. The molecule has 1 aliphatic carbocycles. The van der Waals surface area contributed by atoms with Gasteiger partial charge in [0.15, 0.2) is 5.65 Å². The molecule has 2 bridgehead atoms. The van der Waals surface area contributed by atoms with Crippen LogP contribution in [0.4, 0.5) is 10.7 Å². The smallest absolute Gasteiger partial charge is 0.411 e. The van der Waals surface area contributed by atoms with Gasteiger partial charge in [-0.15, -0.1) is 5.10 Å². The molecule has 8 heteroatoms. The average Bonchev–Trinajstić information content (AvgIpc) is 3.42. The summed E-state index contributed by atoms with van der Waals surface area (Å²) in [6.07, 6.45) is 4.62. The number of hydrogen-bond acceptors (Lipinski definition) is 5. The SMILES string of the molecule is C1CC1.CCN1C[C@H]2C[C@@H]1CN2Cc1ccc(-c2cccc3nc(NC(=O)O)nn23)cc1. The van der Waals surface area contributed by atoms with Crippen LogP contribution in [0.2, 0.25) is 0 Å². The first-order valence-corrected chi connectivity index (χ1v) is 11.5. The Hall–Kier alpha value is -2.97. The number of piperazine rings is 1. The maximum absolute atomic E-state index is 10.9. The number of likely N-dealkylation sites (N-methyl/N-ethyl adjacent to an activating group) is 1. The molecule has 3 fully saturated rings. The highest BCUT2D eigenvalue weighted by atomic mass is 16.4. The monoisotopic (exact) mass is 434 g/mol. The van der Waals surface area contributed by atoms with Crippen molar-refractivity contribution in [3.8, 4) is 11.3 Å². The predicted molar refractivity (Wildman–Crippen MR) is 124 cm³/mol. The van der Waals surface area contributed by atoms with Gasteiger partial charge in [0, 0.05) is 37.3 Å². The molecule has 4 heterocycles. The molecule has 0 radical (unpaired) electrons. The van der Waals surface area contributed by atoms with Crippen LogP contribution in [-0.4, -0.2) is 67.3 Å². The molecule has 168 valence electrons. The summed E-state index contributed by atoms with van der Waals surface area (Å²) in [4.78, 5) is 20.3. The minimum absolute atomic E-state index is 0.0757. The zero-order chi connectivity index (χ0) is 22.1. The summed E-state index contributed by atoms with van der Waals surface area (Å²) in [6.45, 7) is 6.75. The second-order valence-electron chi connectivity index (χ2n) is 8.86. The van der Waals surface area contributed by atoms with Crippen LogP contribution in [0.15, 0.2) is 42.5 Å². The third-order valence-electron chi connectivity index (χ3n) is 6.44. The Bertz CT molecular complexity index is 1090. The highest BCUT2D eigenvalue weighted by molar-refractivity contribution is 5.80. The van der Waals surface area contributed by atoms with Crippen molar-refractivity contribution in [2.45, 2.75) is 51.2 Å². The van der Waals surface area contributed by atoms with E-state index in [1.165, 1.54) is 37.8 Å². The molecule has 0 unspecified atom stereocenters. The number of likely N-dealkylation sites (tertiary alicyclic amines) is 2. The van der Waals surface area contributed by atoms with E-state index in [0.717, 1.165) is 36.9 Å². The first-order valence-electron chi connectivity index (χ1n) is 11.5. The largest absolute Gasteiger partial charge is 0.465 e. The maximum atomic E-state index is 10.9. The van der Waals surface area contributed by atoms with E-state index in [9.17, 15) is 4.79 Å². The zero-order valence-corrected chi connectivity index (χ0v) is 18.4. The van der Waals surface area contributed by atoms with Crippen LogP contribution in [0.3, 0.4) is 0 Å². The molecule has 3 aliphatic rings. The lowest BCUT2D eigenvalue weighted by Crippen LogP contribution is -2.45. The number of nitrogens with one attached hydrogen (secondary N) is 1. The van der Waals surface area contributed by atoms with Gasteiger partial charge in [0.25, 0.3) is 5.95 Å². The third-order valence-corrected chi connectivity index (χ3v) is 6.44. The van der Waals surface area contributed by atoms with E-state index in [0.29, 0.717) is 11.7 Å². The molecule has 2 N–H and O–H groups in total. The Morgan fingerprint density at radius 2 is 1.78 bits per heavy atom. The van der Waals surface area contributed by atoms with E-state index in [-0.39, 0.29) is 5.95 Å². The standard InChI is InChI=1S/C21H24N6O2.C3H6/c1-2-25-12-17-10-16(25)13-26(17)11-14-6-8-15(9-7-14)18-4-3-5-19-22-20(23-21(28)29)24-27(18)19;1-2-3-1/h3-9,16-17H,2,10-13H2,1H3,(H,23,24)(H,28,29);1-3H2/t16-,17-;/m1./s1. The second-order valence-corrected chi connectivity index (χ2v) is 8.86. The molecule has 2 aliphatic heterocycles. The Labute approximate surface area is 187 Å². The molecule has 0 spiro atoms. The van der Waals surface area contributed by atoms with Gasteiger partial charge in [0.1, 0.15) is 0 Å². The summed E-state index contributed by atoms with van der Waals surface area (Å²) < 4.78 is 1.67. The van der Waals surface area contributed by atoms with Crippen LogP contribution in [0.1, 0.15) is 38.2 Å². The second kappa shape index (κ2) is 8.88. The van der Waals surface area contributed by atoms with Gasteiger partial charge < -0.3 is 5.11 Å². The van der Waals surface area contributed by atoms with Gasteiger partial charge in [-0.3, -0.25) is 15.1 Å². The van der Waals surface area contributed by atoms with Crippen molar-refractivity contribution in [1.82, 2.24) is 24.4 Å². The minimum atomic E-state index is -1.18. The van der Waals surface area contributed by atoms with E-state index >= 15 is 0 Å². The predicted octanol–water partition coefficient (Wildman–Crippen LogP) is 3.93. The third kappa shape index (κ3) is 4.47. The molecule has 3 aromatic rings. The Kier molecular flexibility index (Phi) is 5.80. The Balaban J connectivity index is 0.000000666. The van der Waals surface area contributed by atoms with Crippen LogP contribution in [0.5, 0.6) is 0 Å². The number of aromatic nitrogens is 3. The fraction of sp³-hybridized carbons (Fsp3) is 0.458. The van der Waals surface area contributed by atoms with Crippen LogP contribution >= 0.6 is 0 Å². The first-order chi connectivity index (χ1) is 15.6. The van der Waals surface area contributed by atoms with Gasteiger partial charge in [-0.2, -0.15) is 4.98 Å².